The molecule has 3 aromatic heterocycles. The molecule has 1 unspecified atom stereocenters. The second-order valence-electron chi connectivity index (χ2n) is 8.12. The monoisotopic (exact) mass is 413 g/mol. The second kappa shape index (κ2) is 8.49. The van der Waals surface area contributed by atoms with Gasteiger partial charge in [-0.3, -0.25) is 19.2 Å². The van der Waals surface area contributed by atoms with Crippen LogP contribution in [0.3, 0.4) is 0 Å². The molecule has 158 valence electrons. The van der Waals surface area contributed by atoms with Crippen LogP contribution < -0.4 is 4.74 Å². The van der Waals surface area contributed by atoms with Gasteiger partial charge in [0.1, 0.15) is 11.4 Å². The molecule has 4 aromatic rings. The first-order valence-corrected chi connectivity index (χ1v) is 10.7. The van der Waals surface area contributed by atoms with E-state index >= 15 is 0 Å². The summed E-state index contributed by atoms with van der Waals surface area (Å²) in [4.78, 5) is 14.1. The topological polar surface area (TPSA) is 45.9 Å². The van der Waals surface area contributed by atoms with Gasteiger partial charge in [-0.05, 0) is 49.0 Å². The molecule has 1 aliphatic heterocycles. The fourth-order valence-corrected chi connectivity index (χ4v) is 4.33. The minimum Gasteiger partial charge on any atom is -0.497 e. The number of benzene rings is 1. The van der Waals surface area contributed by atoms with Crippen molar-refractivity contribution < 1.29 is 4.74 Å². The lowest BCUT2D eigenvalue weighted by Crippen LogP contribution is -2.46. The first-order chi connectivity index (χ1) is 15.2. The number of aromatic nitrogens is 3. The molecule has 1 atom stereocenters. The van der Waals surface area contributed by atoms with E-state index in [0.29, 0.717) is 0 Å². The van der Waals surface area contributed by atoms with Crippen molar-refractivity contribution in [1.82, 2.24) is 24.2 Å². The Hall–Kier alpha value is -3.22. The highest BCUT2D eigenvalue weighted by Gasteiger charge is 2.28. The van der Waals surface area contributed by atoms with Crippen molar-refractivity contribution in [3.05, 3.63) is 84.4 Å². The molecule has 0 bridgehead atoms. The second-order valence-corrected chi connectivity index (χ2v) is 8.12. The maximum atomic E-state index is 5.28. The van der Waals surface area contributed by atoms with E-state index in [1.54, 1.807) is 7.11 Å². The van der Waals surface area contributed by atoms with Crippen molar-refractivity contribution >= 4 is 5.65 Å². The highest BCUT2D eigenvalue weighted by Crippen LogP contribution is 2.27. The third-order valence-electron chi connectivity index (χ3n) is 6.13. The molecule has 0 saturated carbocycles. The molecule has 0 radical (unpaired) electrons. The van der Waals surface area contributed by atoms with Gasteiger partial charge in [0.05, 0.1) is 24.5 Å². The Morgan fingerprint density at radius 1 is 1.00 bits per heavy atom. The summed E-state index contributed by atoms with van der Waals surface area (Å²) < 4.78 is 7.48. The van der Waals surface area contributed by atoms with Gasteiger partial charge in [-0.1, -0.05) is 18.2 Å². The summed E-state index contributed by atoms with van der Waals surface area (Å²) in [6, 6.07) is 19.0. The number of ether oxygens (including phenoxy) is 1. The van der Waals surface area contributed by atoms with Crippen LogP contribution in [0.25, 0.3) is 16.9 Å². The standard InChI is InChI=1S/C25H27N5O/c1-28-14-15-29(16-19-6-8-21(31-2)9-7-19)18-24(28)22-17-30-23(4-3-5-25(30)27-22)20-10-12-26-13-11-20/h3-13,17,24H,14-16,18H2,1-2H3. The van der Waals surface area contributed by atoms with Crippen LogP contribution >= 0.6 is 0 Å². The summed E-state index contributed by atoms with van der Waals surface area (Å²) in [6.45, 7) is 3.96. The average molecular weight is 414 g/mol. The number of hydrogen-bond acceptors (Lipinski definition) is 5. The number of nitrogens with zero attached hydrogens (tertiary/aromatic N) is 5. The number of fused-ring (bicyclic) bond motifs is 1. The minimum absolute atomic E-state index is 0.261. The molecule has 1 saturated heterocycles. The zero-order valence-corrected chi connectivity index (χ0v) is 18.0. The predicted molar refractivity (Wildman–Crippen MR) is 122 cm³/mol. The van der Waals surface area contributed by atoms with Crippen LogP contribution in [0.15, 0.2) is 73.2 Å². The average Bonchev–Trinajstić information content (AvgIpc) is 3.25. The van der Waals surface area contributed by atoms with Gasteiger partial charge in [0.15, 0.2) is 0 Å². The van der Waals surface area contributed by atoms with Gasteiger partial charge in [-0.2, -0.15) is 0 Å². The summed E-state index contributed by atoms with van der Waals surface area (Å²) in [5, 5.41) is 0. The molecule has 0 amide bonds. The van der Waals surface area contributed by atoms with Gasteiger partial charge in [0.2, 0.25) is 0 Å². The van der Waals surface area contributed by atoms with Crippen LogP contribution in [-0.2, 0) is 6.54 Å². The zero-order chi connectivity index (χ0) is 21.2. The Bertz CT molecular complexity index is 1160. The summed E-state index contributed by atoms with van der Waals surface area (Å²) in [5.74, 6) is 0.898. The van der Waals surface area contributed by atoms with Crippen LogP contribution in [0.4, 0.5) is 0 Å². The number of likely N-dealkylation sites (N-methyl/N-ethyl adjacent to an activating group) is 1. The summed E-state index contributed by atoms with van der Waals surface area (Å²) in [6.07, 6.45) is 5.86. The van der Waals surface area contributed by atoms with Crippen LogP contribution in [0.5, 0.6) is 5.75 Å². The summed E-state index contributed by atoms with van der Waals surface area (Å²) >= 11 is 0. The molecule has 31 heavy (non-hydrogen) atoms. The van der Waals surface area contributed by atoms with E-state index in [2.05, 4.69) is 62.8 Å². The normalized spacial score (nSPS) is 17.8. The maximum absolute atomic E-state index is 5.28. The lowest BCUT2D eigenvalue weighted by Gasteiger charge is -2.38. The lowest BCUT2D eigenvalue weighted by molar-refractivity contribution is 0.0885. The molecular formula is C25H27N5O. The van der Waals surface area contributed by atoms with Gasteiger partial charge < -0.3 is 4.74 Å². The fourth-order valence-electron chi connectivity index (χ4n) is 4.33. The predicted octanol–water partition coefficient (Wildman–Crippen LogP) is 3.89. The third-order valence-corrected chi connectivity index (χ3v) is 6.13. The van der Waals surface area contributed by atoms with Gasteiger partial charge in [0.25, 0.3) is 0 Å². The van der Waals surface area contributed by atoms with Crippen LogP contribution in [0.2, 0.25) is 0 Å². The molecule has 1 fully saturated rings. The molecule has 6 nitrogen and oxygen atoms in total. The van der Waals surface area contributed by atoms with Crippen molar-refractivity contribution in [3.63, 3.8) is 0 Å². The molecule has 4 heterocycles. The van der Waals surface area contributed by atoms with Crippen LogP contribution in [-0.4, -0.2) is 58.0 Å². The van der Waals surface area contributed by atoms with E-state index in [4.69, 9.17) is 9.72 Å². The van der Waals surface area contributed by atoms with E-state index in [1.807, 2.05) is 36.7 Å². The lowest BCUT2D eigenvalue weighted by atomic mass is 10.1. The zero-order valence-electron chi connectivity index (χ0n) is 18.0. The molecule has 0 N–H and O–H groups in total. The number of imidazole rings is 1. The molecular weight excluding hydrogens is 386 g/mol. The van der Waals surface area contributed by atoms with Gasteiger partial charge in [-0.25, -0.2) is 4.98 Å². The largest absolute Gasteiger partial charge is 0.497 e. The number of methoxy groups -OCH3 is 1. The first-order valence-electron chi connectivity index (χ1n) is 10.7. The van der Waals surface area contributed by atoms with Gasteiger partial charge in [0, 0.05) is 50.3 Å². The summed E-state index contributed by atoms with van der Waals surface area (Å²) in [7, 11) is 3.90. The van der Waals surface area contributed by atoms with E-state index in [-0.39, 0.29) is 6.04 Å². The van der Waals surface area contributed by atoms with Crippen molar-refractivity contribution in [2.24, 2.45) is 0 Å². The van der Waals surface area contributed by atoms with E-state index in [0.717, 1.165) is 54.5 Å². The highest BCUT2D eigenvalue weighted by atomic mass is 16.5. The molecule has 1 aromatic carbocycles. The molecule has 0 spiro atoms. The SMILES string of the molecule is COc1ccc(CN2CCN(C)C(c3cn4c(-c5ccncc5)cccc4n3)C2)cc1. The molecule has 1 aliphatic rings. The van der Waals surface area contributed by atoms with E-state index in [9.17, 15) is 0 Å². The Labute approximate surface area is 182 Å². The van der Waals surface area contributed by atoms with Crippen LogP contribution in [0.1, 0.15) is 17.3 Å². The van der Waals surface area contributed by atoms with E-state index in [1.165, 1.54) is 5.56 Å². The Morgan fingerprint density at radius 2 is 1.81 bits per heavy atom. The third kappa shape index (κ3) is 4.04. The van der Waals surface area contributed by atoms with Crippen LogP contribution in [0, 0.1) is 0 Å². The molecule has 6 heteroatoms. The quantitative estimate of drug-likeness (QED) is 0.497. The minimum atomic E-state index is 0.261. The summed E-state index contributed by atoms with van der Waals surface area (Å²) in [5.41, 5.74) is 5.67. The Kier molecular flexibility index (Phi) is 5.40. The Balaban J connectivity index is 1.40. The highest BCUT2D eigenvalue weighted by molar-refractivity contribution is 5.63. The van der Waals surface area contributed by atoms with Crippen molar-refractivity contribution in [3.8, 4) is 17.0 Å². The van der Waals surface area contributed by atoms with Gasteiger partial charge >= 0.3 is 0 Å². The smallest absolute Gasteiger partial charge is 0.137 e. The van der Waals surface area contributed by atoms with Gasteiger partial charge in [-0.15, -0.1) is 0 Å². The van der Waals surface area contributed by atoms with Crippen molar-refractivity contribution in [2.75, 3.05) is 33.8 Å². The molecule has 5 rings (SSSR count). The first kappa shape index (κ1) is 19.7. The number of hydrogen-bond donors (Lipinski definition) is 0. The number of piperazine rings is 1. The fraction of sp³-hybridized carbons (Fsp3) is 0.280. The maximum Gasteiger partial charge on any atom is 0.137 e. The van der Waals surface area contributed by atoms with Crippen molar-refractivity contribution in [2.45, 2.75) is 12.6 Å². The number of rotatable bonds is 5. The van der Waals surface area contributed by atoms with Crippen molar-refractivity contribution in [1.29, 1.82) is 0 Å². The molecule has 0 aliphatic carbocycles. The van der Waals surface area contributed by atoms with E-state index < -0.39 is 0 Å². The number of pyridine rings is 2. The Morgan fingerprint density at radius 3 is 2.58 bits per heavy atom.